The molecule has 4 nitrogen and oxygen atoms in total. The number of carbonyl (C=O) groups is 1. The number of carbonyl (C=O) groups excluding carboxylic acids is 1. The van der Waals surface area contributed by atoms with E-state index >= 15 is 0 Å². The Hall–Kier alpha value is -2.35. The standard InChI is InChI=1S/C19H15BrF3N3O/c20-13-4-5-17-25-14(10-26(17)9-13)8-24-18(27)16-7-15(16)11-2-1-3-12(6-11)19(21,22)23/h1-6,9-10,15-16H,7-8H2,(H,24,27). The van der Waals surface area contributed by atoms with E-state index in [1.54, 1.807) is 6.07 Å². The van der Waals surface area contributed by atoms with Crippen molar-refractivity contribution in [3.8, 4) is 0 Å². The normalized spacial score (nSPS) is 19.3. The van der Waals surface area contributed by atoms with E-state index in [0.717, 1.165) is 27.9 Å². The van der Waals surface area contributed by atoms with Crippen LogP contribution in [0, 0.1) is 5.92 Å². The molecule has 2 atom stereocenters. The van der Waals surface area contributed by atoms with Crippen LogP contribution in [0.3, 0.4) is 0 Å². The van der Waals surface area contributed by atoms with Gasteiger partial charge in [0.25, 0.3) is 0 Å². The highest BCUT2D eigenvalue weighted by atomic mass is 79.9. The smallest absolute Gasteiger partial charge is 0.350 e. The second-order valence-electron chi connectivity index (χ2n) is 6.63. The van der Waals surface area contributed by atoms with Crippen LogP contribution in [0.25, 0.3) is 5.65 Å². The molecule has 1 aromatic carbocycles. The van der Waals surface area contributed by atoms with Gasteiger partial charge in [0.05, 0.1) is 17.8 Å². The molecule has 2 unspecified atom stereocenters. The third-order valence-corrected chi connectivity index (χ3v) is 5.15. The summed E-state index contributed by atoms with van der Waals surface area (Å²) in [6.45, 7) is 0.282. The first kappa shape index (κ1) is 18.0. The van der Waals surface area contributed by atoms with Gasteiger partial charge in [-0.1, -0.05) is 18.2 Å². The fraction of sp³-hybridized carbons (Fsp3) is 0.263. The van der Waals surface area contributed by atoms with Crippen LogP contribution in [-0.2, 0) is 17.5 Å². The van der Waals surface area contributed by atoms with Crippen molar-refractivity contribution in [2.24, 2.45) is 5.92 Å². The van der Waals surface area contributed by atoms with Gasteiger partial charge in [-0.05, 0) is 52.0 Å². The van der Waals surface area contributed by atoms with E-state index in [1.165, 1.54) is 6.07 Å². The largest absolute Gasteiger partial charge is 0.416 e. The van der Waals surface area contributed by atoms with Crippen LogP contribution in [0.5, 0.6) is 0 Å². The Morgan fingerprint density at radius 1 is 1.26 bits per heavy atom. The van der Waals surface area contributed by atoms with Crippen molar-refractivity contribution in [1.82, 2.24) is 14.7 Å². The number of amides is 1. The molecule has 1 fully saturated rings. The van der Waals surface area contributed by atoms with E-state index in [0.29, 0.717) is 12.0 Å². The molecular formula is C19H15BrF3N3O. The molecular weight excluding hydrogens is 423 g/mol. The van der Waals surface area contributed by atoms with E-state index in [2.05, 4.69) is 26.2 Å². The Morgan fingerprint density at radius 2 is 2.07 bits per heavy atom. The van der Waals surface area contributed by atoms with E-state index in [1.807, 2.05) is 28.9 Å². The molecule has 1 amide bonds. The summed E-state index contributed by atoms with van der Waals surface area (Å²) in [6.07, 6.45) is -0.109. The number of hydrogen-bond donors (Lipinski definition) is 1. The number of nitrogens with zero attached hydrogens (tertiary/aromatic N) is 2. The maximum absolute atomic E-state index is 12.8. The van der Waals surface area contributed by atoms with E-state index < -0.39 is 11.7 Å². The number of benzene rings is 1. The first-order valence-electron chi connectivity index (χ1n) is 8.39. The number of halogens is 4. The lowest BCUT2D eigenvalue weighted by Gasteiger charge is -2.08. The molecule has 2 heterocycles. The summed E-state index contributed by atoms with van der Waals surface area (Å²) in [5, 5.41) is 2.83. The van der Waals surface area contributed by atoms with E-state index in [9.17, 15) is 18.0 Å². The molecule has 1 N–H and O–H groups in total. The van der Waals surface area contributed by atoms with Gasteiger partial charge in [-0.3, -0.25) is 4.79 Å². The molecule has 2 aromatic heterocycles. The number of fused-ring (bicyclic) bond motifs is 1. The summed E-state index contributed by atoms with van der Waals surface area (Å²) >= 11 is 3.39. The molecule has 1 aliphatic carbocycles. The van der Waals surface area contributed by atoms with Gasteiger partial charge in [0.2, 0.25) is 5.91 Å². The minimum absolute atomic E-state index is 0.157. The number of hydrogen-bond acceptors (Lipinski definition) is 2. The average Bonchev–Trinajstić information content (AvgIpc) is 3.33. The first-order chi connectivity index (χ1) is 12.8. The highest BCUT2D eigenvalue weighted by Crippen LogP contribution is 2.48. The Labute approximate surface area is 161 Å². The fourth-order valence-electron chi connectivity index (χ4n) is 3.21. The zero-order valence-corrected chi connectivity index (χ0v) is 15.6. The lowest BCUT2D eigenvalue weighted by atomic mass is 10.1. The van der Waals surface area contributed by atoms with Crippen molar-refractivity contribution < 1.29 is 18.0 Å². The van der Waals surface area contributed by atoms with Crippen LogP contribution in [-0.4, -0.2) is 15.3 Å². The van der Waals surface area contributed by atoms with Gasteiger partial charge in [-0.15, -0.1) is 0 Å². The SMILES string of the molecule is O=C(NCc1cn2cc(Br)ccc2n1)C1CC1c1cccc(C(F)(F)F)c1. The van der Waals surface area contributed by atoms with Crippen LogP contribution in [0.2, 0.25) is 0 Å². The van der Waals surface area contributed by atoms with Gasteiger partial charge in [0.1, 0.15) is 5.65 Å². The molecule has 0 saturated heterocycles. The van der Waals surface area contributed by atoms with E-state index in [-0.39, 0.29) is 24.3 Å². The molecule has 0 radical (unpaired) electrons. The number of nitrogens with one attached hydrogen (secondary N) is 1. The number of alkyl halides is 3. The number of imidazole rings is 1. The number of pyridine rings is 1. The van der Waals surface area contributed by atoms with Crippen molar-refractivity contribution in [3.63, 3.8) is 0 Å². The van der Waals surface area contributed by atoms with Gasteiger partial charge in [-0.25, -0.2) is 4.98 Å². The molecule has 1 saturated carbocycles. The fourth-order valence-corrected chi connectivity index (χ4v) is 3.56. The van der Waals surface area contributed by atoms with Crippen LogP contribution < -0.4 is 5.32 Å². The van der Waals surface area contributed by atoms with E-state index in [4.69, 9.17) is 0 Å². The summed E-state index contributed by atoms with van der Waals surface area (Å²) in [5.74, 6) is -0.611. The summed E-state index contributed by atoms with van der Waals surface area (Å²) in [7, 11) is 0. The molecule has 140 valence electrons. The Bertz CT molecular complexity index is 1010. The second-order valence-corrected chi connectivity index (χ2v) is 7.55. The molecule has 1 aliphatic rings. The average molecular weight is 438 g/mol. The Morgan fingerprint density at radius 3 is 2.85 bits per heavy atom. The summed E-state index contributed by atoms with van der Waals surface area (Å²) < 4.78 is 41.3. The molecule has 3 aromatic rings. The van der Waals surface area contributed by atoms with Crippen LogP contribution in [0.15, 0.2) is 53.3 Å². The zero-order valence-electron chi connectivity index (χ0n) is 14.0. The Balaban J connectivity index is 1.38. The monoisotopic (exact) mass is 437 g/mol. The topological polar surface area (TPSA) is 46.4 Å². The third-order valence-electron chi connectivity index (χ3n) is 4.68. The number of rotatable bonds is 4. The lowest BCUT2D eigenvalue weighted by molar-refractivity contribution is -0.137. The van der Waals surface area contributed by atoms with Crippen molar-refractivity contribution in [2.45, 2.75) is 25.1 Å². The molecule has 0 aliphatic heterocycles. The number of aromatic nitrogens is 2. The minimum atomic E-state index is -4.37. The van der Waals surface area contributed by atoms with Gasteiger partial charge in [0.15, 0.2) is 0 Å². The highest BCUT2D eigenvalue weighted by Gasteiger charge is 2.44. The van der Waals surface area contributed by atoms with Crippen LogP contribution >= 0.6 is 15.9 Å². The quantitative estimate of drug-likeness (QED) is 0.651. The highest BCUT2D eigenvalue weighted by molar-refractivity contribution is 9.10. The lowest BCUT2D eigenvalue weighted by Crippen LogP contribution is -2.25. The second kappa shape index (κ2) is 6.67. The van der Waals surface area contributed by atoms with Gasteiger partial charge < -0.3 is 9.72 Å². The first-order valence-corrected chi connectivity index (χ1v) is 9.18. The van der Waals surface area contributed by atoms with Crippen molar-refractivity contribution >= 4 is 27.5 Å². The minimum Gasteiger partial charge on any atom is -0.350 e. The van der Waals surface area contributed by atoms with Crippen molar-refractivity contribution in [3.05, 3.63) is 70.1 Å². The summed E-state index contributed by atoms with van der Waals surface area (Å²) in [6, 6.07) is 8.96. The van der Waals surface area contributed by atoms with Crippen LogP contribution in [0.4, 0.5) is 13.2 Å². The molecule has 0 bridgehead atoms. The summed E-state index contributed by atoms with van der Waals surface area (Å²) in [5.41, 5.74) is 1.37. The Kier molecular flexibility index (Phi) is 4.46. The predicted molar refractivity (Wildman–Crippen MR) is 97.0 cm³/mol. The summed E-state index contributed by atoms with van der Waals surface area (Å²) in [4.78, 5) is 16.8. The van der Waals surface area contributed by atoms with Crippen LogP contribution in [0.1, 0.15) is 29.2 Å². The van der Waals surface area contributed by atoms with Gasteiger partial charge in [0, 0.05) is 22.8 Å². The molecule has 4 rings (SSSR count). The van der Waals surface area contributed by atoms with Gasteiger partial charge >= 0.3 is 6.18 Å². The van der Waals surface area contributed by atoms with Crippen molar-refractivity contribution in [2.75, 3.05) is 0 Å². The van der Waals surface area contributed by atoms with Gasteiger partial charge in [-0.2, -0.15) is 13.2 Å². The maximum Gasteiger partial charge on any atom is 0.416 e. The third kappa shape index (κ3) is 3.85. The zero-order chi connectivity index (χ0) is 19.2. The van der Waals surface area contributed by atoms with Crippen molar-refractivity contribution in [1.29, 1.82) is 0 Å². The molecule has 0 spiro atoms. The maximum atomic E-state index is 12.8. The predicted octanol–water partition coefficient (Wildman–Crippen LogP) is 4.54. The molecule has 27 heavy (non-hydrogen) atoms. The molecule has 8 heteroatoms.